The van der Waals surface area contributed by atoms with Gasteiger partial charge in [-0.15, -0.1) is 13.2 Å². The second kappa shape index (κ2) is 10.1. The highest BCUT2D eigenvalue weighted by atomic mass is 35.5. The van der Waals surface area contributed by atoms with Crippen molar-refractivity contribution in [1.82, 2.24) is 0 Å². The predicted octanol–water partition coefficient (Wildman–Crippen LogP) is 7.39. The van der Waals surface area contributed by atoms with E-state index in [0.29, 0.717) is 17.9 Å². The van der Waals surface area contributed by atoms with Crippen LogP contribution >= 0.6 is 11.6 Å². The fourth-order valence-electron chi connectivity index (χ4n) is 4.19. The summed E-state index contributed by atoms with van der Waals surface area (Å²) in [6, 6.07) is 24.2. The zero-order chi connectivity index (χ0) is 26.9. The van der Waals surface area contributed by atoms with Gasteiger partial charge in [0.1, 0.15) is 5.75 Å². The molecule has 0 aromatic heterocycles. The highest BCUT2D eigenvalue weighted by Gasteiger charge is 2.33. The van der Waals surface area contributed by atoms with Crippen LogP contribution in [0.5, 0.6) is 5.75 Å². The minimum absolute atomic E-state index is 0.0554. The number of nitrogens with zero attached hydrogens (tertiary/aromatic N) is 1. The Morgan fingerprint density at radius 2 is 1.55 bits per heavy atom. The van der Waals surface area contributed by atoms with Gasteiger partial charge in [0.05, 0.1) is 33.2 Å². The standard InChI is InChI=1S/C28H19ClF3N3O3/c29-21-15-18(34-26(36)20-8-2-6-12-25(20)38-28(30,31)32)13-14-19(21)27(37)35-23-10-4-1-7-17(23)16-33-22-9-3-5-11-24(22)35/h1-15,33H,16H2,(H,34,36). The van der Waals surface area contributed by atoms with E-state index in [1.165, 1.54) is 36.4 Å². The maximum Gasteiger partial charge on any atom is 0.573 e. The fraction of sp³-hybridized carbons (Fsp3) is 0.0714. The Kier molecular flexibility index (Phi) is 6.69. The third kappa shape index (κ3) is 5.14. The first-order valence-electron chi connectivity index (χ1n) is 11.4. The van der Waals surface area contributed by atoms with E-state index in [9.17, 15) is 22.8 Å². The van der Waals surface area contributed by atoms with Gasteiger partial charge in [-0.2, -0.15) is 0 Å². The minimum Gasteiger partial charge on any atom is -0.405 e. The lowest BCUT2D eigenvalue weighted by Crippen LogP contribution is -2.26. The number of hydrogen-bond donors (Lipinski definition) is 2. The molecule has 4 aromatic rings. The van der Waals surface area contributed by atoms with Gasteiger partial charge in [0, 0.05) is 12.2 Å². The third-order valence-electron chi connectivity index (χ3n) is 5.86. The van der Waals surface area contributed by atoms with Gasteiger partial charge in [-0.25, -0.2) is 0 Å². The zero-order valence-corrected chi connectivity index (χ0v) is 20.3. The lowest BCUT2D eigenvalue weighted by Gasteiger charge is -2.25. The summed E-state index contributed by atoms with van der Waals surface area (Å²) in [5.41, 5.74) is 3.09. The van der Waals surface area contributed by atoms with Crippen LogP contribution in [0.3, 0.4) is 0 Å². The van der Waals surface area contributed by atoms with Gasteiger partial charge < -0.3 is 15.4 Å². The largest absolute Gasteiger partial charge is 0.573 e. The van der Waals surface area contributed by atoms with E-state index in [1.54, 1.807) is 4.90 Å². The van der Waals surface area contributed by atoms with E-state index in [-0.39, 0.29) is 27.7 Å². The van der Waals surface area contributed by atoms with Crippen LogP contribution in [-0.4, -0.2) is 18.2 Å². The summed E-state index contributed by atoms with van der Waals surface area (Å²) in [4.78, 5) is 28.1. The first kappa shape index (κ1) is 25.2. The quantitative estimate of drug-likeness (QED) is 0.285. The molecule has 0 radical (unpaired) electrons. The number of nitrogens with one attached hydrogen (secondary N) is 2. The van der Waals surface area contributed by atoms with Crippen LogP contribution in [0.2, 0.25) is 5.02 Å². The third-order valence-corrected chi connectivity index (χ3v) is 6.18. The summed E-state index contributed by atoms with van der Waals surface area (Å²) < 4.78 is 42.2. The van der Waals surface area contributed by atoms with E-state index in [2.05, 4.69) is 15.4 Å². The highest BCUT2D eigenvalue weighted by molar-refractivity contribution is 6.35. The summed E-state index contributed by atoms with van der Waals surface area (Å²) in [5, 5.41) is 5.90. The second-order valence-corrected chi connectivity index (χ2v) is 8.74. The van der Waals surface area contributed by atoms with Crippen molar-refractivity contribution in [2.75, 3.05) is 15.5 Å². The Morgan fingerprint density at radius 1 is 0.868 bits per heavy atom. The number of carbonyl (C=O) groups excluding carboxylic acids is 2. The number of fused-ring (bicyclic) bond motifs is 2. The smallest absolute Gasteiger partial charge is 0.405 e. The van der Waals surface area contributed by atoms with Crippen LogP contribution in [0, 0.1) is 0 Å². The predicted molar refractivity (Wildman–Crippen MR) is 139 cm³/mol. The van der Waals surface area contributed by atoms with Crippen molar-refractivity contribution in [2.24, 2.45) is 0 Å². The van der Waals surface area contributed by atoms with Crippen molar-refractivity contribution in [3.8, 4) is 5.75 Å². The molecule has 0 aliphatic carbocycles. The summed E-state index contributed by atoms with van der Waals surface area (Å²) in [6.45, 7) is 0.523. The van der Waals surface area contributed by atoms with Crippen LogP contribution in [0.25, 0.3) is 0 Å². The molecular weight excluding hydrogens is 519 g/mol. The van der Waals surface area contributed by atoms with Gasteiger partial charge >= 0.3 is 6.36 Å². The van der Waals surface area contributed by atoms with Gasteiger partial charge in [0.2, 0.25) is 0 Å². The van der Waals surface area contributed by atoms with Crippen LogP contribution in [-0.2, 0) is 6.54 Å². The first-order valence-corrected chi connectivity index (χ1v) is 11.8. The number of halogens is 4. The van der Waals surface area contributed by atoms with E-state index < -0.39 is 18.0 Å². The molecule has 0 atom stereocenters. The van der Waals surface area contributed by atoms with Crippen molar-refractivity contribution in [2.45, 2.75) is 12.9 Å². The first-order chi connectivity index (χ1) is 18.2. The van der Waals surface area contributed by atoms with Crippen molar-refractivity contribution >= 4 is 46.2 Å². The lowest BCUT2D eigenvalue weighted by atomic mass is 10.1. The number of hydrogen-bond acceptors (Lipinski definition) is 4. The Morgan fingerprint density at radius 3 is 2.32 bits per heavy atom. The van der Waals surface area contributed by atoms with Gasteiger partial charge in [-0.05, 0) is 54.1 Å². The molecule has 192 valence electrons. The summed E-state index contributed by atoms with van der Waals surface area (Å²) >= 11 is 6.50. The van der Waals surface area contributed by atoms with Crippen molar-refractivity contribution in [3.05, 3.63) is 113 Å². The number of alkyl halides is 3. The van der Waals surface area contributed by atoms with Crippen molar-refractivity contribution in [1.29, 1.82) is 0 Å². The second-order valence-electron chi connectivity index (χ2n) is 8.33. The van der Waals surface area contributed by atoms with E-state index in [0.717, 1.165) is 17.3 Å². The Hall–Kier alpha value is -4.50. The van der Waals surface area contributed by atoms with Crippen LogP contribution in [0.1, 0.15) is 26.3 Å². The van der Waals surface area contributed by atoms with Gasteiger partial charge in [0.15, 0.2) is 0 Å². The molecule has 1 aliphatic rings. The Balaban J connectivity index is 1.44. The topological polar surface area (TPSA) is 70.7 Å². The summed E-state index contributed by atoms with van der Waals surface area (Å²) in [5.74, 6) is -1.86. The monoisotopic (exact) mass is 537 g/mol. The molecule has 0 fully saturated rings. The average molecular weight is 538 g/mol. The molecule has 38 heavy (non-hydrogen) atoms. The molecule has 0 spiro atoms. The molecule has 5 rings (SSSR count). The molecule has 10 heteroatoms. The highest BCUT2D eigenvalue weighted by Crippen LogP contribution is 2.39. The summed E-state index contributed by atoms with van der Waals surface area (Å²) in [6.07, 6.45) is -4.96. The molecule has 6 nitrogen and oxygen atoms in total. The fourth-order valence-corrected chi connectivity index (χ4v) is 4.45. The maximum absolute atomic E-state index is 13.8. The minimum atomic E-state index is -4.96. The van der Waals surface area contributed by atoms with Gasteiger partial charge in [-0.1, -0.05) is 54.1 Å². The number of anilines is 4. The maximum atomic E-state index is 13.8. The Labute approximate surface area is 220 Å². The average Bonchev–Trinajstić information content (AvgIpc) is 3.05. The van der Waals surface area contributed by atoms with E-state index >= 15 is 0 Å². The number of amides is 2. The van der Waals surface area contributed by atoms with E-state index in [4.69, 9.17) is 11.6 Å². The number of para-hydroxylation sites is 4. The molecule has 4 aromatic carbocycles. The van der Waals surface area contributed by atoms with Gasteiger partial charge in [-0.3, -0.25) is 14.5 Å². The molecule has 0 unspecified atom stereocenters. The Bertz CT molecular complexity index is 1490. The van der Waals surface area contributed by atoms with Crippen molar-refractivity contribution in [3.63, 3.8) is 0 Å². The molecular formula is C28H19ClF3N3O3. The number of rotatable bonds is 4. The lowest BCUT2D eigenvalue weighted by molar-refractivity contribution is -0.274. The SMILES string of the molecule is O=C(Nc1ccc(C(=O)N2c3ccccc3CNc3ccccc32)c(Cl)c1)c1ccccc1OC(F)(F)F. The van der Waals surface area contributed by atoms with Crippen LogP contribution < -0.4 is 20.3 Å². The summed E-state index contributed by atoms with van der Waals surface area (Å²) in [7, 11) is 0. The number of ether oxygens (including phenoxy) is 1. The number of benzene rings is 4. The molecule has 0 saturated heterocycles. The zero-order valence-electron chi connectivity index (χ0n) is 19.6. The molecule has 2 amide bonds. The van der Waals surface area contributed by atoms with Crippen molar-refractivity contribution < 1.29 is 27.5 Å². The molecule has 2 N–H and O–H groups in total. The molecule has 0 bridgehead atoms. The van der Waals surface area contributed by atoms with E-state index in [1.807, 2.05) is 48.5 Å². The van der Waals surface area contributed by atoms with Gasteiger partial charge in [0.25, 0.3) is 11.8 Å². The molecule has 1 heterocycles. The van der Waals surface area contributed by atoms with Crippen LogP contribution in [0.4, 0.5) is 35.9 Å². The van der Waals surface area contributed by atoms with Crippen LogP contribution in [0.15, 0.2) is 91.0 Å². The molecule has 1 aliphatic heterocycles. The molecule has 0 saturated carbocycles. The number of carbonyl (C=O) groups is 2. The normalized spacial score (nSPS) is 12.5.